The summed E-state index contributed by atoms with van der Waals surface area (Å²) in [6.45, 7) is 1.62. The Morgan fingerprint density at radius 3 is 2.21 bits per heavy atom. The van der Waals surface area contributed by atoms with Gasteiger partial charge in [-0.3, -0.25) is 4.79 Å². The van der Waals surface area contributed by atoms with Crippen molar-refractivity contribution in [2.45, 2.75) is 29.3 Å². The maximum absolute atomic E-state index is 13.4. The minimum Gasteiger partial charge on any atom is -0.348 e. The number of thioether (sulfide) groups is 1. The normalized spacial score (nSPS) is 12.5. The van der Waals surface area contributed by atoms with Crippen LogP contribution in [0.5, 0.6) is 0 Å². The topological polar surface area (TPSA) is 66.5 Å². The Bertz CT molecular complexity index is 1190. The number of hydrogen-bond acceptors (Lipinski definition) is 4. The van der Waals surface area contributed by atoms with Crippen molar-refractivity contribution in [1.29, 1.82) is 0 Å². The molecule has 0 saturated heterocycles. The van der Waals surface area contributed by atoms with Crippen LogP contribution in [0.1, 0.15) is 24.1 Å². The van der Waals surface area contributed by atoms with E-state index < -0.39 is 10.0 Å². The first-order valence-corrected chi connectivity index (χ1v) is 14.0. The summed E-state index contributed by atoms with van der Waals surface area (Å²) in [5.41, 5.74) is 1.71. The lowest BCUT2D eigenvalue weighted by Gasteiger charge is -2.23. The van der Waals surface area contributed by atoms with E-state index in [0.29, 0.717) is 5.02 Å². The number of nitrogens with one attached hydrogen (secondary N) is 1. The second kappa shape index (κ2) is 11.5. The van der Waals surface area contributed by atoms with Crippen LogP contribution in [-0.2, 0) is 21.4 Å². The second-order valence-corrected chi connectivity index (χ2v) is 11.6. The molecule has 5 nitrogen and oxygen atoms in total. The van der Waals surface area contributed by atoms with Gasteiger partial charge in [0, 0.05) is 20.9 Å². The Hall–Kier alpha value is -1.84. The van der Waals surface area contributed by atoms with Crippen LogP contribution in [-0.4, -0.2) is 31.4 Å². The largest absolute Gasteiger partial charge is 0.348 e. The molecule has 33 heavy (non-hydrogen) atoms. The van der Waals surface area contributed by atoms with Gasteiger partial charge in [-0.05, 0) is 72.8 Å². The fourth-order valence-corrected chi connectivity index (χ4v) is 5.38. The molecular formula is C24H24BrClN2O3S2. The molecule has 3 rings (SSSR count). The molecule has 1 N–H and O–H groups in total. The molecule has 0 bridgehead atoms. The molecule has 0 unspecified atom stereocenters. The van der Waals surface area contributed by atoms with Crippen LogP contribution in [0.4, 0.5) is 0 Å². The minimum absolute atomic E-state index is 0.0580. The second-order valence-electron chi connectivity index (χ2n) is 7.42. The molecule has 0 aliphatic carbocycles. The van der Waals surface area contributed by atoms with Crippen molar-refractivity contribution in [2.24, 2.45) is 0 Å². The fourth-order valence-electron chi connectivity index (χ4n) is 3.20. The van der Waals surface area contributed by atoms with Crippen molar-refractivity contribution in [3.05, 3.63) is 93.4 Å². The lowest BCUT2D eigenvalue weighted by atomic mass is 10.1. The Labute approximate surface area is 212 Å². The van der Waals surface area contributed by atoms with Gasteiger partial charge in [0.15, 0.2) is 0 Å². The zero-order chi connectivity index (χ0) is 24.0. The number of carbonyl (C=O) groups is 1. The average Bonchev–Trinajstić information content (AvgIpc) is 2.80. The van der Waals surface area contributed by atoms with Gasteiger partial charge in [0.2, 0.25) is 15.9 Å². The molecule has 3 aromatic rings. The monoisotopic (exact) mass is 566 g/mol. The summed E-state index contributed by atoms with van der Waals surface area (Å²) in [6.07, 6.45) is 2.00. The third-order valence-corrected chi connectivity index (χ3v) is 8.37. The highest BCUT2D eigenvalue weighted by Crippen LogP contribution is 2.22. The number of nitrogens with zero attached hydrogens (tertiary/aromatic N) is 1. The maximum Gasteiger partial charge on any atom is 0.243 e. The highest BCUT2D eigenvalue weighted by molar-refractivity contribution is 9.10. The third-order valence-electron chi connectivity index (χ3n) is 5.04. The van der Waals surface area contributed by atoms with E-state index >= 15 is 0 Å². The Kier molecular flexibility index (Phi) is 9.01. The molecule has 1 amide bonds. The molecule has 0 aliphatic heterocycles. The van der Waals surface area contributed by atoms with E-state index in [1.165, 1.54) is 28.6 Å². The van der Waals surface area contributed by atoms with Gasteiger partial charge in [0.1, 0.15) is 0 Å². The van der Waals surface area contributed by atoms with Gasteiger partial charge in [-0.1, -0.05) is 51.8 Å². The lowest BCUT2D eigenvalue weighted by Crippen LogP contribution is -2.41. The molecule has 9 heteroatoms. The highest BCUT2D eigenvalue weighted by Gasteiger charge is 2.27. The van der Waals surface area contributed by atoms with E-state index in [9.17, 15) is 13.2 Å². The number of hydrogen-bond donors (Lipinski definition) is 1. The molecule has 3 aromatic carbocycles. The zero-order valence-electron chi connectivity index (χ0n) is 18.2. The van der Waals surface area contributed by atoms with Gasteiger partial charge in [-0.15, -0.1) is 11.8 Å². The Morgan fingerprint density at radius 2 is 1.64 bits per heavy atom. The minimum atomic E-state index is -3.93. The summed E-state index contributed by atoms with van der Waals surface area (Å²) in [7, 11) is -3.93. The van der Waals surface area contributed by atoms with Gasteiger partial charge in [-0.25, -0.2) is 8.42 Å². The van der Waals surface area contributed by atoms with Crippen LogP contribution in [0.3, 0.4) is 0 Å². The van der Waals surface area contributed by atoms with Crippen LogP contribution in [0.2, 0.25) is 5.02 Å². The SMILES string of the molecule is CSc1ccc([C@@H](C)NC(=O)CN(Cc2ccc(Br)cc2)S(=O)(=O)c2ccc(Cl)cc2)cc1. The third kappa shape index (κ3) is 7.07. The highest BCUT2D eigenvalue weighted by atomic mass is 79.9. The van der Waals surface area contributed by atoms with Crippen molar-refractivity contribution < 1.29 is 13.2 Å². The van der Waals surface area contributed by atoms with Crippen LogP contribution < -0.4 is 5.32 Å². The van der Waals surface area contributed by atoms with Crippen molar-refractivity contribution in [2.75, 3.05) is 12.8 Å². The molecule has 0 radical (unpaired) electrons. The number of rotatable bonds is 9. The number of amides is 1. The van der Waals surface area contributed by atoms with Crippen molar-refractivity contribution in [1.82, 2.24) is 9.62 Å². The van der Waals surface area contributed by atoms with E-state index in [-0.39, 0.29) is 29.9 Å². The van der Waals surface area contributed by atoms with Crippen LogP contribution in [0.15, 0.2) is 87.1 Å². The van der Waals surface area contributed by atoms with Crippen molar-refractivity contribution in [3.8, 4) is 0 Å². The number of halogens is 2. The van der Waals surface area contributed by atoms with Gasteiger partial charge in [-0.2, -0.15) is 4.31 Å². The molecule has 0 saturated carbocycles. The summed E-state index contributed by atoms with van der Waals surface area (Å²) >= 11 is 11.0. The summed E-state index contributed by atoms with van der Waals surface area (Å²) in [5.74, 6) is -0.383. The standard InChI is InChI=1S/C24H24BrClN2O3S2/c1-17(19-5-11-22(32-2)12-6-19)27-24(29)16-28(15-18-3-7-20(25)8-4-18)33(30,31)23-13-9-21(26)10-14-23/h3-14,17H,15-16H2,1-2H3,(H,27,29)/t17-/m1/s1. The molecule has 174 valence electrons. The summed E-state index contributed by atoms with van der Waals surface area (Å²) < 4.78 is 28.8. The molecule has 0 aliphatic rings. The molecule has 1 atom stereocenters. The predicted molar refractivity (Wildman–Crippen MR) is 138 cm³/mol. The Balaban J connectivity index is 1.81. The van der Waals surface area contributed by atoms with E-state index in [1.807, 2.05) is 61.7 Å². The molecular weight excluding hydrogens is 544 g/mol. The van der Waals surface area contributed by atoms with Gasteiger partial charge >= 0.3 is 0 Å². The molecule has 0 heterocycles. The van der Waals surface area contributed by atoms with Gasteiger partial charge in [0.25, 0.3) is 0 Å². The predicted octanol–water partition coefficient (Wildman–Crippen LogP) is 5.89. The molecule has 0 aromatic heterocycles. The smallest absolute Gasteiger partial charge is 0.243 e. The van der Waals surface area contributed by atoms with Crippen LogP contribution in [0.25, 0.3) is 0 Å². The fraction of sp³-hybridized carbons (Fsp3) is 0.208. The first-order chi connectivity index (χ1) is 15.7. The summed E-state index contributed by atoms with van der Waals surface area (Å²) in [4.78, 5) is 14.1. The van der Waals surface area contributed by atoms with Gasteiger partial charge in [0.05, 0.1) is 17.5 Å². The maximum atomic E-state index is 13.4. The summed E-state index contributed by atoms with van der Waals surface area (Å²) in [6, 6.07) is 20.9. The number of sulfonamides is 1. The van der Waals surface area contributed by atoms with Crippen LogP contribution >= 0.6 is 39.3 Å². The van der Waals surface area contributed by atoms with E-state index in [1.54, 1.807) is 11.8 Å². The zero-order valence-corrected chi connectivity index (χ0v) is 22.1. The Morgan fingerprint density at radius 1 is 1.03 bits per heavy atom. The van der Waals surface area contributed by atoms with E-state index in [2.05, 4.69) is 21.2 Å². The number of carbonyl (C=O) groups excluding carboxylic acids is 1. The lowest BCUT2D eigenvalue weighted by molar-refractivity contribution is -0.122. The quantitative estimate of drug-likeness (QED) is 0.327. The number of benzene rings is 3. The van der Waals surface area contributed by atoms with Crippen molar-refractivity contribution in [3.63, 3.8) is 0 Å². The molecule has 0 spiro atoms. The van der Waals surface area contributed by atoms with Crippen molar-refractivity contribution >= 4 is 55.2 Å². The van der Waals surface area contributed by atoms with E-state index in [0.717, 1.165) is 20.5 Å². The van der Waals surface area contributed by atoms with Crippen LogP contribution in [0, 0.1) is 0 Å². The summed E-state index contributed by atoms with van der Waals surface area (Å²) in [5, 5.41) is 3.35. The first-order valence-electron chi connectivity index (χ1n) is 10.1. The molecule has 0 fully saturated rings. The average molecular weight is 568 g/mol. The first kappa shape index (κ1) is 25.8. The van der Waals surface area contributed by atoms with E-state index in [4.69, 9.17) is 11.6 Å². The van der Waals surface area contributed by atoms with Gasteiger partial charge < -0.3 is 5.32 Å².